The van der Waals surface area contributed by atoms with Crippen LogP contribution in [0.2, 0.25) is 0 Å². The Kier molecular flexibility index (Phi) is 8.74. The highest BCUT2D eigenvalue weighted by molar-refractivity contribution is 7.89. The highest BCUT2D eigenvalue weighted by atomic mass is 32.2. The van der Waals surface area contributed by atoms with Crippen LogP contribution in [0.5, 0.6) is 0 Å². The molecule has 1 N–H and O–H groups in total. The molecule has 0 spiro atoms. The average molecular weight is 466 g/mol. The molecule has 1 fully saturated rings. The standard InChI is InChI=1S/C21H31N5O5S/c1-3-30-20(31-4-2)16-25-15-19(23-24-25)21(27)22-14-17-10-12-26(13-11-17)32(28,29)18-8-6-5-7-9-18/h5-9,15,17,20H,3-4,10-14,16H2,1-2H3,(H,22,27). The van der Waals surface area contributed by atoms with Gasteiger partial charge in [0.05, 0.1) is 17.6 Å². The zero-order chi connectivity index (χ0) is 23.0. The van der Waals surface area contributed by atoms with Crippen molar-refractivity contribution in [2.75, 3.05) is 32.8 Å². The molecule has 0 radical (unpaired) electrons. The van der Waals surface area contributed by atoms with E-state index in [0.29, 0.717) is 57.1 Å². The first-order valence-corrected chi connectivity index (χ1v) is 12.3. The molecule has 1 aliphatic heterocycles. The van der Waals surface area contributed by atoms with Crippen molar-refractivity contribution in [3.63, 3.8) is 0 Å². The Hall–Kier alpha value is -2.34. The molecule has 0 bridgehead atoms. The largest absolute Gasteiger partial charge is 0.351 e. The van der Waals surface area contributed by atoms with Crippen LogP contribution in [0.4, 0.5) is 0 Å². The van der Waals surface area contributed by atoms with Gasteiger partial charge in [0.1, 0.15) is 0 Å². The summed E-state index contributed by atoms with van der Waals surface area (Å²) in [4.78, 5) is 12.8. The predicted octanol–water partition coefficient (Wildman–Crippen LogP) is 1.51. The van der Waals surface area contributed by atoms with E-state index in [1.807, 2.05) is 13.8 Å². The van der Waals surface area contributed by atoms with Crippen molar-refractivity contribution >= 4 is 15.9 Å². The topological polar surface area (TPSA) is 116 Å². The van der Waals surface area contributed by atoms with Gasteiger partial charge >= 0.3 is 0 Å². The monoisotopic (exact) mass is 465 g/mol. The van der Waals surface area contributed by atoms with Crippen molar-refractivity contribution in [1.82, 2.24) is 24.6 Å². The van der Waals surface area contributed by atoms with Gasteiger partial charge in [0, 0.05) is 32.8 Å². The summed E-state index contributed by atoms with van der Waals surface area (Å²) in [6, 6.07) is 8.46. The number of hydrogen-bond acceptors (Lipinski definition) is 7. The Morgan fingerprint density at radius 1 is 1.16 bits per heavy atom. The van der Waals surface area contributed by atoms with Crippen LogP contribution in [0.1, 0.15) is 37.2 Å². The van der Waals surface area contributed by atoms with Crippen LogP contribution in [0.25, 0.3) is 0 Å². The molecule has 1 saturated heterocycles. The second-order valence-electron chi connectivity index (χ2n) is 7.54. The van der Waals surface area contributed by atoms with Crippen LogP contribution in [0.15, 0.2) is 41.4 Å². The van der Waals surface area contributed by atoms with Crippen LogP contribution >= 0.6 is 0 Å². The number of rotatable bonds is 11. The summed E-state index contributed by atoms with van der Waals surface area (Å²) in [5.74, 6) is -0.100. The molecule has 2 heterocycles. The number of ether oxygens (including phenoxy) is 2. The summed E-state index contributed by atoms with van der Waals surface area (Å²) in [5.41, 5.74) is 0.223. The summed E-state index contributed by atoms with van der Waals surface area (Å²) in [6.07, 6.45) is 2.49. The summed E-state index contributed by atoms with van der Waals surface area (Å²) in [6.45, 7) is 6.47. The molecule has 1 amide bonds. The van der Waals surface area contributed by atoms with Crippen molar-refractivity contribution in [2.24, 2.45) is 5.92 Å². The molecule has 0 aliphatic carbocycles. The Morgan fingerprint density at radius 3 is 2.44 bits per heavy atom. The third-order valence-corrected chi connectivity index (χ3v) is 7.23. The molecule has 1 aliphatic rings. The number of carbonyl (C=O) groups excluding carboxylic acids is 1. The maximum absolute atomic E-state index is 12.7. The molecule has 1 aromatic carbocycles. The molecule has 10 nitrogen and oxygen atoms in total. The van der Waals surface area contributed by atoms with E-state index in [4.69, 9.17) is 9.47 Å². The quantitative estimate of drug-likeness (QED) is 0.500. The number of carbonyl (C=O) groups is 1. The fourth-order valence-electron chi connectivity index (χ4n) is 3.59. The number of hydrogen-bond donors (Lipinski definition) is 1. The molecule has 1 aromatic heterocycles. The first-order valence-electron chi connectivity index (χ1n) is 10.9. The molecule has 0 atom stereocenters. The van der Waals surface area contributed by atoms with E-state index in [1.54, 1.807) is 36.5 Å². The van der Waals surface area contributed by atoms with Crippen LogP contribution in [-0.2, 0) is 26.0 Å². The first kappa shape index (κ1) is 24.3. The average Bonchev–Trinajstić information content (AvgIpc) is 3.27. The van der Waals surface area contributed by atoms with Gasteiger partial charge < -0.3 is 14.8 Å². The lowest BCUT2D eigenvalue weighted by molar-refractivity contribution is -0.145. The number of nitrogens with zero attached hydrogens (tertiary/aromatic N) is 4. The van der Waals surface area contributed by atoms with Gasteiger partial charge in [0.25, 0.3) is 5.91 Å². The summed E-state index contributed by atoms with van der Waals surface area (Å²) >= 11 is 0. The molecule has 32 heavy (non-hydrogen) atoms. The summed E-state index contributed by atoms with van der Waals surface area (Å²) in [5, 5.41) is 10.8. The van der Waals surface area contributed by atoms with Crippen molar-refractivity contribution in [1.29, 1.82) is 0 Å². The predicted molar refractivity (Wildman–Crippen MR) is 117 cm³/mol. The third kappa shape index (κ3) is 6.35. The van der Waals surface area contributed by atoms with E-state index in [1.165, 1.54) is 8.99 Å². The fraction of sp³-hybridized carbons (Fsp3) is 0.571. The molecule has 0 unspecified atom stereocenters. The van der Waals surface area contributed by atoms with Gasteiger partial charge in [0.15, 0.2) is 12.0 Å². The maximum Gasteiger partial charge on any atom is 0.273 e. The fourth-order valence-corrected chi connectivity index (χ4v) is 5.08. The minimum Gasteiger partial charge on any atom is -0.351 e. The minimum atomic E-state index is -3.47. The molecular formula is C21H31N5O5S. The molecule has 11 heteroatoms. The van der Waals surface area contributed by atoms with E-state index in [2.05, 4.69) is 15.6 Å². The number of nitrogens with one attached hydrogen (secondary N) is 1. The second-order valence-corrected chi connectivity index (χ2v) is 9.47. The Labute approximate surface area is 188 Å². The highest BCUT2D eigenvalue weighted by Gasteiger charge is 2.29. The molecule has 0 saturated carbocycles. The van der Waals surface area contributed by atoms with E-state index in [0.717, 1.165) is 0 Å². The van der Waals surface area contributed by atoms with Gasteiger partial charge in [-0.05, 0) is 44.7 Å². The van der Waals surface area contributed by atoms with Crippen molar-refractivity contribution < 1.29 is 22.7 Å². The van der Waals surface area contributed by atoms with Gasteiger partial charge in [-0.1, -0.05) is 23.4 Å². The lowest BCUT2D eigenvalue weighted by Crippen LogP contribution is -2.41. The summed E-state index contributed by atoms with van der Waals surface area (Å²) in [7, 11) is -3.47. The molecule has 2 aromatic rings. The lowest BCUT2D eigenvalue weighted by atomic mass is 9.98. The van der Waals surface area contributed by atoms with Crippen molar-refractivity contribution in [3.8, 4) is 0 Å². The highest BCUT2D eigenvalue weighted by Crippen LogP contribution is 2.23. The van der Waals surface area contributed by atoms with E-state index in [9.17, 15) is 13.2 Å². The maximum atomic E-state index is 12.7. The smallest absolute Gasteiger partial charge is 0.273 e. The van der Waals surface area contributed by atoms with Gasteiger partial charge in [-0.2, -0.15) is 4.31 Å². The van der Waals surface area contributed by atoms with Gasteiger partial charge in [-0.25, -0.2) is 13.1 Å². The zero-order valence-corrected chi connectivity index (χ0v) is 19.3. The molecule has 3 rings (SSSR count). The molecule has 176 valence electrons. The normalized spacial score (nSPS) is 15.8. The number of amides is 1. The second kappa shape index (κ2) is 11.5. The molecular weight excluding hydrogens is 434 g/mol. The van der Waals surface area contributed by atoms with E-state index in [-0.39, 0.29) is 17.5 Å². The third-order valence-electron chi connectivity index (χ3n) is 5.32. The zero-order valence-electron chi connectivity index (χ0n) is 18.5. The van der Waals surface area contributed by atoms with Gasteiger partial charge in [-0.3, -0.25) is 4.79 Å². The van der Waals surface area contributed by atoms with Gasteiger partial charge in [0.2, 0.25) is 10.0 Å². The van der Waals surface area contributed by atoms with Crippen LogP contribution in [0, 0.1) is 5.92 Å². The van der Waals surface area contributed by atoms with Crippen LogP contribution in [0.3, 0.4) is 0 Å². The Morgan fingerprint density at radius 2 is 1.81 bits per heavy atom. The van der Waals surface area contributed by atoms with Gasteiger partial charge in [-0.15, -0.1) is 5.10 Å². The first-order chi connectivity index (χ1) is 15.4. The SMILES string of the molecule is CCOC(Cn1cc(C(=O)NCC2CCN(S(=O)(=O)c3ccccc3)CC2)nn1)OCC. The van der Waals surface area contributed by atoms with Crippen molar-refractivity contribution in [2.45, 2.75) is 44.4 Å². The van der Waals surface area contributed by atoms with Crippen LogP contribution < -0.4 is 5.32 Å². The number of piperidine rings is 1. The summed E-state index contributed by atoms with van der Waals surface area (Å²) < 4.78 is 39.5. The van der Waals surface area contributed by atoms with E-state index < -0.39 is 16.3 Å². The number of aromatic nitrogens is 3. The van der Waals surface area contributed by atoms with Crippen molar-refractivity contribution in [3.05, 3.63) is 42.2 Å². The Balaban J connectivity index is 1.46. The lowest BCUT2D eigenvalue weighted by Gasteiger charge is -2.31. The Bertz CT molecular complexity index is 952. The number of sulfonamides is 1. The van der Waals surface area contributed by atoms with Crippen LogP contribution in [-0.4, -0.2) is 72.8 Å². The minimum absolute atomic E-state index is 0.205. The number of benzene rings is 1. The van der Waals surface area contributed by atoms with E-state index >= 15 is 0 Å².